The van der Waals surface area contributed by atoms with Crippen molar-refractivity contribution in [3.05, 3.63) is 74.5 Å². The van der Waals surface area contributed by atoms with Crippen molar-refractivity contribution >= 4 is 49.7 Å². The molecular formula is C18H13BrClN3OS. The third kappa shape index (κ3) is 3.42. The van der Waals surface area contributed by atoms with Crippen LogP contribution in [0.15, 0.2) is 63.5 Å². The summed E-state index contributed by atoms with van der Waals surface area (Å²) in [7, 11) is 0. The molecule has 0 saturated carbocycles. The van der Waals surface area contributed by atoms with Gasteiger partial charge in [-0.1, -0.05) is 63.1 Å². The molecule has 1 atom stereocenters. The van der Waals surface area contributed by atoms with Gasteiger partial charge >= 0.3 is 0 Å². The maximum absolute atomic E-state index is 9.62. The fraction of sp³-hybridized carbons (Fsp3) is 0.111. The van der Waals surface area contributed by atoms with Crippen molar-refractivity contribution in [3.63, 3.8) is 0 Å². The number of hydrogen-bond acceptors (Lipinski definition) is 5. The van der Waals surface area contributed by atoms with Gasteiger partial charge < -0.3 is 5.11 Å². The van der Waals surface area contributed by atoms with Crippen molar-refractivity contribution in [1.29, 1.82) is 0 Å². The first-order valence-corrected chi connectivity index (χ1v) is 9.68. The number of hydrogen-bond donors (Lipinski definition) is 1. The Bertz CT molecular complexity index is 924. The second-order valence-electron chi connectivity index (χ2n) is 5.66. The third-order valence-corrected chi connectivity index (χ3v) is 5.62. The lowest BCUT2D eigenvalue weighted by Crippen LogP contribution is -2.18. The molecule has 0 saturated heterocycles. The summed E-state index contributed by atoms with van der Waals surface area (Å²) in [4.78, 5) is 4.19. The van der Waals surface area contributed by atoms with E-state index >= 15 is 0 Å². The number of aromatic hydroxyl groups is 1. The molecule has 2 heterocycles. The molecule has 4 nitrogen and oxygen atoms in total. The zero-order chi connectivity index (χ0) is 17.4. The highest BCUT2D eigenvalue weighted by Crippen LogP contribution is 2.39. The molecular weight excluding hydrogens is 422 g/mol. The molecule has 25 heavy (non-hydrogen) atoms. The fourth-order valence-electron chi connectivity index (χ4n) is 2.81. The highest BCUT2D eigenvalue weighted by atomic mass is 79.9. The van der Waals surface area contributed by atoms with Crippen molar-refractivity contribution in [2.75, 3.05) is 5.01 Å². The summed E-state index contributed by atoms with van der Waals surface area (Å²) < 4.78 is 1.03. The SMILES string of the molecule is Oc1csc(N2N=C(c3ccc(Cl)cc3)CC2c2ccc(Br)cc2)n1. The molecule has 0 amide bonds. The Hall–Kier alpha value is -1.89. The van der Waals surface area contributed by atoms with Gasteiger partial charge in [0.05, 0.1) is 17.1 Å². The lowest BCUT2D eigenvalue weighted by Gasteiger charge is -2.21. The number of thiazole rings is 1. The van der Waals surface area contributed by atoms with Gasteiger partial charge in [-0.05, 0) is 35.4 Å². The predicted octanol–water partition coefficient (Wildman–Crippen LogP) is 5.62. The lowest BCUT2D eigenvalue weighted by molar-refractivity contribution is 0.457. The molecule has 126 valence electrons. The second-order valence-corrected chi connectivity index (χ2v) is 7.85. The van der Waals surface area contributed by atoms with Gasteiger partial charge in [-0.3, -0.25) is 0 Å². The van der Waals surface area contributed by atoms with E-state index in [1.165, 1.54) is 11.3 Å². The first-order valence-electron chi connectivity index (χ1n) is 7.63. The summed E-state index contributed by atoms with van der Waals surface area (Å²) >= 11 is 10.8. The molecule has 0 fully saturated rings. The monoisotopic (exact) mass is 433 g/mol. The van der Waals surface area contributed by atoms with E-state index in [0.29, 0.717) is 10.2 Å². The first kappa shape index (κ1) is 16.6. The number of nitrogens with zero attached hydrogens (tertiary/aromatic N) is 3. The number of halogens is 2. The Morgan fingerprint density at radius 1 is 1.12 bits per heavy atom. The van der Waals surface area contributed by atoms with Gasteiger partial charge in [0, 0.05) is 15.9 Å². The van der Waals surface area contributed by atoms with Crippen LogP contribution in [-0.4, -0.2) is 15.8 Å². The van der Waals surface area contributed by atoms with Gasteiger partial charge in [0.2, 0.25) is 11.0 Å². The first-order chi connectivity index (χ1) is 12.1. The van der Waals surface area contributed by atoms with E-state index in [1.807, 2.05) is 41.4 Å². The number of aromatic nitrogens is 1. The average Bonchev–Trinajstić information content (AvgIpc) is 3.23. The number of hydrazone groups is 1. The Kier molecular flexibility index (Phi) is 4.50. The fourth-order valence-corrected chi connectivity index (χ4v) is 3.89. The molecule has 4 rings (SSSR count). The maximum atomic E-state index is 9.62. The summed E-state index contributed by atoms with van der Waals surface area (Å²) in [6, 6.07) is 15.9. The third-order valence-electron chi connectivity index (χ3n) is 4.02. The van der Waals surface area contributed by atoms with Gasteiger partial charge in [0.15, 0.2) is 0 Å². The van der Waals surface area contributed by atoms with Crippen molar-refractivity contribution in [2.24, 2.45) is 5.10 Å². The van der Waals surface area contributed by atoms with Crippen LogP contribution < -0.4 is 5.01 Å². The Morgan fingerprint density at radius 2 is 1.84 bits per heavy atom. The molecule has 1 N–H and O–H groups in total. The van der Waals surface area contributed by atoms with Gasteiger partial charge in [-0.25, -0.2) is 5.01 Å². The quantitative estimate of drug-likeness (QED) is 0.582. The highest BCUT2D eigenvalue weighted by molar-refractivity contribution is 9.10. The minimum absolute atomic E-state index is 0.0182. The zero-order valence-electron chi connectivity index (χ0n) is 12.9. The van der Waals surface area contributed by atoms with Crippen molar-refractivity contribution < 1.29 is 5.11 Å². The van der Waals surface area contributed by atoms with E-state index in [-0.39, 0.29) is 11.9 Å². The van der Waals surface area contributed by atoms with Crippen LogP contribution in [0.2, 0.25) is 5.02 Å². The molecule has 1 aliphatic heterocycles. The average molecular weight is 435 g/mol. The standard InChI is InChI=1S/C18H13BrClN3OS/c19-13-5-1-12(2-6-13)16-9-15(11-3-7-14(20)8-4-11)22-23(16)18-21-17(24)10-25-18/h1-8,10,16,24H,9H2. The van der Waals surface area contributed by atoms with Crippen LogP contribution in [-0.2, 0) is 0 Å². The molecule has 1 aliphatic rings. The van der Waals surface area contributed by atoms with Gasteiger partial charge in [0.25, 0.3) is 0 Å². The molecule has 0 aliphatic carbocycles. The molecule has 1 aromatic heterocycles. The lowest BCUT2D eigenvalue weighted by atomic mass is 9.99. The molecule has 2 aromatic carbocycles. The van der Waals surface area contributed by atoms with E-state index < -0.39 is 0 Å². The van der Waals surface area contributed by atoms with Crippen LogP contribution in [0.1, 0.15) is 23.6 Å². The van der Waals surface area contributed by atoms with Crippen molar-refractivity contribution in [3.8, 4) is 5.88 Å². The molecule has 7 heteroatoms. The summed E-state index contributed by atoms with van der Waals surface area (Å²) in [6.45, 7) is 0. The maximum Gasteiger partial charge on any atom is 0.223 e. The van der Waals surface area contributed by atoms with E-state index in [9.17, 15) is 5.11 Å². The second kappa shape index (κ2) is 6.78. The molecule has 1 unspecified atom stereocenters. The van der Waals surface area contributed by atoms with E-state index in [1.54, 1.807) is 5.38 Å². The largest absolute Gasteiger partial charge is 0.493 e. The van der Waals surface area contributed by atoms with Crippen LogP contribution in [0.25, 0.3) is 0 Å². The minimum atomic E-state index is 0.0182. The number of benzene rings is 2. The Labute approximate surface area is 162 Å². The van der Waals surface area contributed by atoms with Crippen LogP contribution in [0.4, 0.5) is 5.13 Å². The Balaban J connectivity index is 1.73. The van der Waals surface area contributed by atoms with Crippen LogP contribution in [0, 0.1) is 0 Å². The van der Waals surface area contributed by atoms with Gasteiger partial charge in [-0.2, -0.15) is 10.1 Å². The van der Waals surface area contributed by atoms with E-state index in [0.717, 1.165) is 27.7 Å². The highest BCUT2D eigenvalue weighted by Gasteiger charge is 2.31. The topological polar surface area (TPSA) is 48.7 Å². The van der Waals surface area contributed by atoms with Crippen molar-refractivity contribution in [2.45, 2.75) is 12.5 Å². The molecule has 0 bridgehead atoms. The van der Waals surface area contributed by atoms with Gasteiger partial charge in [-0.15, -0.1) is 0 Å². The Morgan fingerprint density at radius 3 is 2.48 bits per heavy atom. The zero-order valence-corrected chi connectivity index (χ0v) is 16.1. The summed E-state index contributed by atoms with van der Waals surface area (Å²) in [5.41, 5.74) is 3.15. The van der Waals surface area contributed by atoms with Gasteiger partial charge in [0.1, 0.15) is 0 Å². The molecule has 3 aromatic rings. The number of anilines is 1. The van der Waals surface area contributed by atoms with Crippen LogP contribution in [0.3, 0.4) is 0 Å². The van der Waals surface area contributed by atoms with E-state index in [2.05, 4.69) is 33.0 Å². The van der Waals surface area contributed by atoms with Crippen LogP contribution >= 0.6 is 38.9 Å². The summed E-state index contributed by atoms with van der Waals surface area (Å²) in [5, 5.41) is 19.3. The summed E-state index contributed by atoms with van der Waals surface area (Å²) in [6.07, 6.45) is 0.754. The smallest absolute Gasteiger partial charge is 0.223 e. The minimum Gasteiger partial charge on any atom is -0.493 e. The molecule has 0 radical (unpaired) electrons. The number of rotatable bonds is 3. The predicted molar refractivity (Wildman–Crippen MR) is 106 cm³/mol. The van der Waals surface area contributed by atoms with E-state index in [4.69, 9.17) is 16.7 Å². The van der Waals surface area contributed by atoms with Crippen LogP contribution in [0.5, 0.6) is 5.88 Å². The van der Waals surface area contributed by atoms with Crippen molar-refractivity contribution in [1.82, 2.24) is 4.98 Å². The normalized spacial score (nSPS) is 17.0. The molecule has 0 spiro atoms. The summed E-state index contributed by atoms with van der Waals surface area (Å²) in [5.74, 6) is 0.0182.